The molecule has 3 rings (SSSR count). The van der Waals surface area contributed by atoms with Crippen LogP contribution in [0.2, 0.25) is 0 Å². The lowest BCUT2D eigenvalue weighted by Gasteiger charge is -2.10. The highest BCUT2D eigenvalue weighted by molar-refractivity contribution is 5.80. The first-order chi connectivity index (χ1) is 12.3. The number of methoxy groups -OCH3 is 1. The van der Waals surface area contributed by atoms with Gasteiger partial charge in [0.2, 0.25) is 0 Å². The lowest BCUT2D eigenvalue weighted by molar-refractivity contribution is 0.415. The van der Waals surface area contributed by atoms with Gasteiger partial charge >= 0.3 is 0 Å². The van der Waals surface area contributed by atoms with E-state index in [0.29, 0.717) is 0 Å². The highest BCUT2D eigenvalue weighted by atomic mass is 16.5. The third-order valence-corrected chi connectivity index (χ3v) is 4.72. The van der Waals surface area contributed by atoms with Crippen LogP contribution in [0.25, 0.3) is 22.4 Å². The molecule has 2 aromatic carbocycles. The monoisotopic (exact) mass is 336 g/mol. The van der Waals surface area contributed by atoms with Crippen LogP contribution in [0.15, 0.2) is 48.5 Å². The molecule has 132 valence electrons. The first-order valence-electron chi connectivity index (χ1n) is 9.43. The standard InChI is InChI=1S/C22H28N2O/c1-3-4-5-6-7-10-16-24-21-15-9-8-14-20(21)23-22(24)18-12-11-13-19(17-18)25-2/h8-9,11-15,17H,3-7,10,16H2,1-2H3. The summed E-state index contributed by atoms with van der Waals surface area (Å²) in [5.74, 6) is 1.91. The zero-order chi connectivity index (χ0) is 17.5. The summed E-state index contributed by atoms with van der Waals surface area (Å²) in [6.45, 7) is 3.28. The number of nitrogens with zero attached hydrogens (tertiary/aromatic N) is 2. The Balaban J connectivity index is 1.84. The highest BCUT2D eigenvalue weighted by Gasteiger charge is 2.12. The molecule has 1 heterocycles. The molecule has 0 saturated heterocycles. The normalized spacial score (nSPS) is 11.1. The molecular formula is C22H28N2O. The van der Waals surface area contributed by atoms with E-state index in [1.165, 1.54) is 44.0 Å². The number of rotatable bonds is 9. The van der Waals surface area contributed by atoms with Crippen molar-refractivity contribution in [3.63, 3.8) is 0 Å². The van der Waals surface area contributed by atoms with Crippen molar-refractivity contribution in [3.8, 4) is 17.1 Å². The Morgan fingerprint density at radius 3 is 2.56 bits per heavy atom. The summed E-state index contributed by atoms with van der Waals surface area (Å²) in [7, 11) is 1.71. The lowest BCUT2D eigenvalue weighted by Crippen LogP contribution is -2.01. The summed E-state index contributed by atoms with van der Waals surface area (Å²) >= 11 is 0. The molecule has 0 unspecified atom stereocenters. The fraction of sp³-hybridized carbons (Fsp3) is 0.409. The van der Waals surface area contributed by atoms with Crippen molar-refractivity contribution in [2.75, 3.05) is 7.11 Å². The molecule has 1 aromatic heterocycles. The number of aryl methyl sites for hydroxylation is 1. The number of para-hydroxylation sites is 2. The van der Waals surface area contributed by atoms with Gasteiger partial charge in [0, 0.05) is 12.1 Å². The van der Waals surface area contributed by atoms with Crippen LogP contribution in [-0.4, -0.2) is 16.7 Å². The Morgan fingerprint density at radius 1 is 0.920 bits per heavy atom. The number of hydrogen-bond donors (Lipinski definition) is 0. The third kappa shape index (κ3) is 4.22. The van der Waals surface area contributed by atoms with Gasteiger partial charge in [-0.2, -0.15) is 0 Å². The molecule has 0 atom stereocenters. The van der Waals surface area contributed by atoms with Crippen LogP contribution >= 0.6 is 0 Å². The number of benzene rings is 2. The maximum atomic E-state index is 5.39. The average molecular weight is 336 g/mol. The minimum atomic E-state index is 0.871. The molecule has 3 nitrogen and oxygen atoms in total. The molecule has 0 spiro atoms. The van der Waals surface area contributed by atoms with Gasteiger partial charge in [0.15, 0.2) is 0 Å². The van der Waals surface area contributed by atoms with E-state index in [4.69, 9.17) is 9.72 Å². The summed E-state index contributed by atoms with van der Waals surface area (Å²) in [6.07, 6.45) is 7.80. The van der Waals surface area contributed by atoms with Gasteiger partial charge in [0.1, 0.15) is 11.6 Å². The molecule has 3 aromatic rings. The van der Waals surface area contributed by atoms with Gasteiger partial charge in [-0.25, -0.2) is 4.98 Å². The fourth-order valence-electron chi connectivity index (χ4n) is 3.33. The molecule has 25 heavy (non-hydrogen) atoms. The van der Waals surface area contributed by atoms with Crippen molar-refractivity contribution < 1.29 is 4.74 Å². The van der Waals surface area contributed by atoms with E-state index >= 15 is 0 Å². The van der Waals surface area contributed by atoms with Crippen LogP contribution in [0.3, 0.4) is 0 Å². The first kappa shape index (κ1) is 17.5. The second-order valence-corrected chi connectivity index (χ2v) is 6.58. The third-order valence-electron chi connectivity index (χ3n) is 4.72. The number of aromatic nitrogens is 2. The van der Waals surface area contributed by atoms with E-state index < -0.39 is 0 Å². The maximum absolute atomic E-state index is 5.39. The summed E-state index contributed by atoms with van der Waals surface area (Å²) in [5, 5.41) is 0. The predicted molar refractivity (Wildman–Crippen MR) is 105 cm³/mol. The largest absolute Gasteiger partial charge is 0.497 e. The Kier molecular flexibility index (Phi) is 6.10. The SMILES string of the molecule is CCCCCCCCn1c(-c2cccc(OC)c2)nc2ccccc21. The quantitative estimate of drug-likeness (QED) is 0.443. The predicted octanol–water partition coefficient (Wildman–Crippen LogP) is 6.07. The molecule has 0 N–H and O–H groups in total. The van der Waals surface area contributed by atoms with Crippen molar-refractivity contribution >= 4 is 11.0 Å². The number of fused-ring (bicyclic) bond motifs is 1. The van der Waals surface area contributed by atoms with Gasteiger partial charge in [-0.05, 0) is 30.7 Å². The summed E-state index contributed by atoms with van der Waals surface area (Å²) in [6, 6.07) is 16.6. The summed E-state index contributed by atoms with van der Waals surface area (Å²) in [4.78, 5) is 4.89. The van der Waals surface area contributed by atoms with E-state index in [1.807, 2.05) is 12.1 Å². The minimum absolute atomic E-state index is 0.871. The Hall–Kier alpha value is -2.29. The molecule has 0 saturated carbocycles. The lowest BCUT2D eigenvalue weighted by atomic mass is 10.1. The number of hydrogen-bond acceptors (Lipinski definition) is 2. The average Bonchev–Trinajstić information content (AvgIpc) is 3.03. The van der Waals surface area contributed by atoms with E-state index in [-0.39, 0.29) is 0 Å². The van der Waals surface area contributed by atoms with Gasteiger partial charge in [-0.1, -0.05) is 63.3 Å². The van der Waals surface area contributed by atoms with Crippen LogP contribution in [0.1, 0.15) is 45.4 Å². The second kappa shape index (κ2) is 8.70. The van der Waals surface area contributed by atoms with E-state index in [9.17, 15) is 0 Å². The molecule has 0 amide bonds. The van der Waals surface area contributed by atoms with E-state index in [1.54, 1.807) is 7.11 Å². The summed E-state index contributed by atoms with van der Waals surface area (Å²) in [5.41, 5.74) is 3.39. The molecular weight excluding hydrogens is 308 g/mol. The van der Waals surface area contributed by atoms with Gasteiger partial charge in [0.25, 0.3) is 0 Å². The van der Waals surface area contributed by atoms with Crippen molar-refractivity contribution in [3.05, 3.63) is 48.5 Å². The number of unbranched alkanes of at least 4 members (excludes halogenated alkanes) is 5. The number of ether oxygens (including phenoxy) is 1. The van der Waals surface area contributed by atoms with E-state index in [0.717, 1.165) is 29.2 Å². The van der Waals surface area contributed by atoms with Gasteiger partial charge in [-0.15, -0.1) is 0 Å². The molecule has 0 bridgehead atoms. The maximum Gasteiger partial charge on any atom is 0.141 e. The summed E-state index contributed by atoms with van der Waals surface area (Å²) < 4.78 is 7.75. The highest BCUT2D eigenvalue weighted by Crippen LogP contribution is 2.28. The van der Waals surface area contributed by atoms with Gasteiger partial charge in [0.05, 0.1) is 18.1 Å². The van der Waals surface area contributed by atoms with Crippen molar-refractivity contribution in [1.82, 2.24) is 9.55 Å². The first-order valence-corrected chi connectivity index (χ1v) is 9.43. The molecule has 0 aliphatic carbocycles. The minimum Gasteiger partial charge on any atom is -0.497 e. The van der Waals surface area contributed by atoms with Crippen LogP contribution in [0.4, 0.5) is 0 Å². The van der Waals surface area contributed by atoms with Crippen molar-refractivity contribution in [2.24, 2.45) is 0 Å². The second-order valence-electron chi connectivity index (χ2n) is 6.58. The van der Waals surface area contributed by atoms with Crippen LogP contribution in [-0.2, 0) is 6.54 Å². The topological polar surface area (TPSA) is 27.1 Å². The molecule has 3 heteroatoms. The zero-order valence-electron chi connectivity index (χ0n) is 15.4. The molecule has 0 fully saturated rings. The Morgan fingerprint density at radius 2 is 1.72 bits per heavy atom. The fourth-order valence-corrected chi connectivity index (χ4v) is 3.33. The van der Waals surface area contributed by atoms with Crippen LogP contribution in [0.5, 0.6) is 5.75 Å². The zero-order valence-corrected chi connectivity index (χ0v) is 15.4. The van der Waals surface area contributed by atoms with E-state index in [2.05, 4.69) is 47.9 Å². The number of imidazole rings is 1. The Labute approximate surface area is 150 Å². The Bertz CT molecular complexity index is 807. The van der Waals surface area contributed by atoms with Crippen LogP contribution < -0.4 is 4.74 Å². The molecule has 0 radical (unpaired) electrons. The molecule has 0 aliphatic heterocycles. The van der Waals surface area contributed by atoms with Crippen LogP contribution in [0, 0.1) is 0 Å². The van der Waals surface area contributed by atoms with Gasteiger partial charge in [-0.3, -0.25) is 0 Å². The van der Waals surface area contributed by atoms with Gasteiger partial charge < -0.3 is 9.30 Å². The molecule has 0 aliphatic rings. The smallest absolute Gasteiger partial charge is 0.141 e. The van der Waals surface area contributed by atoms with Crippen molar-refractivity contribution in [1.29, 1.82) is 0 Å². The van der Waals surface area contributed by atoms with Crippen molar-refractivity contribution in [2.45, 2.75) is 52.0 Å².